The Morgan fingerprint density at radius 1 is 1.33 bits per heavy atom. The highest BCUT2D eigenvalue weighted by Crippen LogP contribution is 2.17. The minimum absolute atomic E-state index is 0.00136. The molecule has 1 heterocycles. The summed E-state index contributed by atoms with van der Waals surface area (Å²) in [5, 5.41) is 5.90. The molecule has 4 nitrogen and oxygen atoms in total. The molecule has 1 N–H and O–H groups in total. The van der Waals surface area contributed by atoms with Crippen LogP contribution in [0.4, 0.5) is 0 Å². The van der Waals surface area contributed by atoms with Gasteiger partial charge in [-0.2, -0.15) is 0 Å². The summed E-state index contributed by atoms with van der Waals surface area (Å²) < 4.78 is 5.09. The number of nitrogens with zero attached hydrogens (tertiary/aromatic N) is 1. The number of hydrogen-bond donors (Lipinski definition) is 1. The number of rotatable bonds is 6. The van der Waals surface area contributed by atoms with Crippen molar-refractivity contribution in [3.63, 3.8) is 0 Å². The molecule has 112 valence electrons. The quantitative estimate of drug-likeness (QED) is 0.892. The lowest BCUT2D eigenvalue weighted by atomic mass is 10.1. The number of benzene rings is 1. The van der Waals surface area contributed by atoms with E-state index in [1.165, 1.54) is 0 Å². The molecule has 2 rings (SSSR count). The summed E-state index contributed by atoms with van der Waals surface area (Å²) in [6.45, 7) is 4.72. The van der Waals surface area contributed by atoms with Crippen molar-refractivity contribution in [2.24, 2.45) is 0 Å². The van der Waals surface area contributed by atoms with Crippen LogP contribution in [0.15, 0.2) is 29.6 Å². The van der Waals surface area contributed by atoms with Gasteiger partial charge in [-0.3, -0.25) is 4.79 Å². The molecule has 0 spiro atoms. The van der Waals surface area contributed by atoms with Crippen LogP contribution in [0.3, 0.4) is 0 Å². The molecule has 2 aromatic rings. The van der Waals surface area contributed by atoms with Crippen LogP contribution in [0.2, 0.25) is 0 Å². The lowest BCUT2D eigenvalue weighted by Gasteiger charge is -2.05. The molecule has 1 aromatic heterocycles. The Balaban J connectivity index is 1.83. The van der Waals surface area contributed by atoms with Crippen LogP contribution >= 0.6 is 11.3 Å². The molecule has 5 heteroatoms. The van der Waals surface area contributed by atoms with Gasteiger partial charge in [-0.1, -0.05) is 26.0 Å². The molecular weight excluding hydrogens is 284 g/mol. The second-order valence-corrected chi connectivity index (χ2v) is 6.07. The molecule has 0 saturated heterocycles. The van der Waals surface area contributed by atoms with Crippen molar-refractivity contribution in [2.45, 2.75) is 32.7 Å². The highest BCUT2D eigenvalue weighted by molar-refractivity contribution is 7.09. The van der Waals surface area contributed by atoms with Gasteiger partial charge in [0.15, 0.2) is 0 Å². The van der Waals surface area contributed by atoms with Gasteiger partial charge in [0.25, 0.3) is 0 Å². The first kappa shape index (κ1) is 15.5. The predicted molar refractivity (Wildman–Crippen MR) is 84.7 cm³/mol. The van der Waals surface area contributed by atoms with Crippen LogP contribution < -0.4 is 10.1 Å². The maximum absolute atomic E-state index is 11.9. The molecule has 0 saturated carbocycles. The molecular formula is C16H20N2O2S. The zero-order chi connectivity index (χ0) is 15.2. The minimum atomic E-state index is 0.00136. The van der Waals surface area contributed by atoms with Gasteiger partial charge in [-0.05, 0) is 23.6 Å². The SMILES string of the molecule is COc1ccc(CC(=O)NCc2nc(C(C)C)cs2)cc1. The molecule has 0 atom stereocenters. The van der Waals surface area contributed by atoms with Crippen molar-refractivity contribution >= 4 is 17.2 Å². The third-order valence-electron chi connectivity index (χ3n) is 3.12. The summed E-state index contributed by atoms with van der Waals surface area (Å²) in [4.78, 5) is 16.4. The largest absolute Gasteiger partial charge is 0.497 e. The Morgan fingerprint density at radius 2 is 2.05 bits per heavy atom. The van der Waals surface area contributed by atoms with Crippen LogP contribution in [0, 0.1) is 0 Å². The summed E-state index contributed by atoms with van der Waals surface area (Å²) in [6, 6.07) is 7.52. The Labute approximate surface area is 129 Å². The van der Waals surface area contributed by atoms with Crippen molar-refractivity contribution in [1.29, 1.82) is 0 Å². The maximum atomic E-state index is 11.9. The van der Waals surface area contributed by atoms with E-state index in [2.05, 4.69) is 29.5 Å². The molecule has 0 aliphatic rings. The van der Waals surface area contributed by atoms with E-state index < -0.39 is 0 Å². The van der Waals surface area contributed by atoms with Gasteiger partial charge in [0.05, 0.1) is 25.8 Å². The zero-order valence-corrected chi connectivity index (χ0v) is 13.4. The third-order valence-corrected chi connectivity index (χ3v) is 3.99. The van der Waals surface area contributed by atoms with Crippen LogP contribution in [0.1, 0.15) is 36.0 Å². The van der Waals surface area contributed by atoms with E-state index in [0.29, 0.717) is 18.9 Å². The number of thiazole rings is 1. The van der Waals surface area contributed by atoms with E-state index in [9.17, 15) is 4.79 Å². The summed E-state index contributed by atoms with van der Waals surface area (Å²) in [7, 11) is 1.63. The smallest absolute Gasteiger partial charge is 0.224 e. The van der Waals surface area contributed by atoms with E-state index >= 15 is 0 Å². The van der Waals surface area contributed by atoms with Crippen LogP contribution in [0.5, 0.6) is 5.75 Å². The van der Waals surface area contributed by atoms with Crippen LogP contribution in [0.25, 0.3) is 0 Å². The number of nitrogens with one attached hydrogen (secondary N) is 1. The fourth-order valence-electron chi connectivity index (χ4n) is 1.84. The highest BCUT2D eigenvalue weighted by atomic mass is 32.1. The molecule has 0 aliphatic heterocycles. The Bertz CT molecular complexity index is 591. The standard InChI is InChI=1S/C16H20N2O2S/c1-11(2)14-10-21-16(18-14)9-17-15(19)8-12-4-6-13(20-3)7-5-12/h4-7,10-11H,8-9H2,1-3H3,(H,17,19). The zero-order valence-electron chi connectivity index (χ0n) is 12.6. The summed E-state index contributed by atoms with van der Waals surface area (Å²) in [5.74, 6) is 1.22. The van der Waals surface area contributed by atoms with E-state index in [0.717, 1.165) is 22.0 Å². The fraction of sp³-hybridized carbons (Fsp3) is 0.375. The molecule has 0 bridgehead atoms. The molecule has 0 fully saturated rings. The van der Waals surface area contributed by atoms with Crippen molar-refractivity contribution in [3.8, 4) is 5.75 Å². The summed E-state index contributed by atoms with van der Waals surface area (Å²) >= 11 is 1.59. The highest BCUT2D eigenvalue weighted by Gasteiger charge is 2.08. The monoisotopic (exact) mass is 304 g/mol. The summed E-state index contributed by atoms with van der Waals surface area (Å²) in [6.07, 6.45) is 0.367. The molecule has 21 heavy (non-hydrogen) atoms. The second-order valence-electron chi connectivity index (χ2n) is 5.12. The van der Waals surface area contributed by atoms with Crippen molar-refractivity contribution in [1.82, 2.24) is 10.3 Å². The lowest BCUT2D eigenvalue weighted by Crippen LogP contribution is -2.24. The molecule has 1 amide bonds. The van der Waals surface area contributed by atoms with Crippen LogP contribution in [-0.4, -0.2) is 18.0 Å². The van der Waals surface area contributed by atoms with Crippen molar-refractivity contribution in [2.75, 3.05) is 7.11 Å². The first-order chi connectivity index (χ1) is 10.1. The van der Waals surface area contributed by atoms with E-state index in [4.69, 9.17) is 4.74 Å². The predicted octanol–water partition coefficient (Wildman–Crippen LogP) is 3.13. The number of methoxy groups -OCH3 is 1. The lowest BCUT2D eigenvalue weighted by molar-refractivity contribution is -0.120. The Morgan fingerprint density at radius 3 is 2.62 bits per heavy atom. The Hall–Kier alpha value is -1.88. The van der Waals surface area contributed by atoms with Gasteiger partial charge in [0, 0.05) is 5.38 Å². The molecule has 0 radical (unpaired) electrons. The summed E-state index contributed by atoms with van der Waals surface area (Å²) in [5.41, 5.74) is 2.05. The van der Waals surface area contributed by atoms with Gasteiger partial charge < -0.3 is 10.1 Å². The van der Waals surface area contributed by atoms with E-state index in [-0.39, 0.29) is 5.91 Å². The average molecular weight is 304 g/mol. The fourth-order valence-corrected chi connectivity index (χ4v) is 2.73. The van der Waals surface area contributed by atoms with Crippen molar-refractivity contribution < 1.29 is 9.53 Å². The molecule has 0 unspecified atom stereocenters. The number of ether oxygens (including phenoxy) is 1. The van der Waals surface area contributed by atoms with E-state index in [1.807, 2.05) is 24.3 Å². The normalized spacial score (nSPS) is 10.7. The van der Waals surface area contributed by atoms with Gasteiger partial charge >= 0.3 is 0 Å². The average Bonchev–Trinajstić information content (AvgIpc) is 2.95. The minimum Gasteiger partial charge on any atom is -0.497 e. The first-order valence-corrected chi connectivity index (χ1v) is 7.80. The number of hydrogen-bond acceptors (Lipinski definition) is 4. The van der Waals surface area contributed by atoms with E-state index in [1.54, 1.807) is 18.4 Å². The van der Waals surface area contributed by atoms with Gasteiger partial charge in [0.1, 0.15) is 10.8 Å². The number of carbonyl (C=O) groups is 1. The molecule has 1 aromatic carbocycles. The second kappa shape index (κ2) is 7.22. The third kappa shape index (κ3) is 4.56. The molecule has 0 aliphatic carbocycles. The number of carbonyl (C=O) groups excluding carboxylic acids is 1. The van der Waals surface area contributed by atoms with Gasteiger partial charge in [-0.15, -0.1) is 11.3 Å². The topological polar surface area (TPSA) is 51.2 Å². The Kier molecular flexibility index (Phi) is 5.33. The first-order valence-electron chi connectivity index (χ1n) is 6.92. The number of amides is 1. The maximum Gasteiger partial charge on any atom is 0.224 e. The van der Waals surface area contributed by atoms with Gasteiger partial charge in [0.2, 0.25) is 5.91 Å². The van der Waals surface area contributed by atoms with Crippen molar-refractivity contribution in [3.05, 3.63) is 45.9 Å². The van der Waals surface area contributed by atoms with Gasteiger partial charge in [-0.25, -0.2) is 4.98 Å². The van der Waals surface area contributed by atoms with Crippen LogP contribution in [-0.2, 0) is 17.8 Å². The number of aromatic nitrogens is 1.